The number of ether oxygens (including phenoxy) is 1. The van der Waals surface area contributed by atoms with Crippen LogP contribution in [0.25, 0.3) is 10.8 Å². The average molecular weight is 467 g/mol. The first-order valence-corrected chi connectivity index (χ1v) is 13.0. The number of aromatic nitrogens is 1. The number of fused-ring (bicyclic) bond motifs is 1. The number of anilines is 1. The van der Waals surface area contributed by atoms with Crippen molar-refractivity contribution in [2.75, 3.05) is 57.4 Å². The van der Waals surface area contributed by atoms with Gasteiger partial charge in [0.1, 0.15) is 10.7 Å². The molecule has 8 heteroatoms. The molecule has 3 heterocycles. The minimum atomic E-state index is -3.51. The minimum Gasteiger partial charge on any atom is -0.379 e. The quantitative estimate of drug-likeness (QED) is 0.576. The van der Waals surface area contributed by atoms with Crippen LogP contribution in [-0.4, -0.2) is 75.1 Å². The summed E-state index contributed by atoms with van der Waals surface area (Å²) in [6.07, 6.45) is 1.49. The molecule has 2 saturated heterocycles. The van der Waals surface area contributed by atoms with E-state index in [1.807, 2.05) is 6.07 Å². The fraction of sp³-hybridized carbons (Fsp3) is 0.400. The van der Waals surface area contributed by atoms with E-state index in [9.17, 15) is 8.42 Å². The molecular formula is C25H30N4O3S. The van der Waals surface area contributed by atoms with Gasteiger partial charge >= 0.3 is 0 Å². The van der Waals surface area contributed by atoms with Crippen LogP contribution in [0.15, 0.2) is 65.7 Å². The molecule has 174 valence electrons. The summed E-state index contributed by atoms with van der Waals surface area (Å²) >= 11 is 0. The highest BCUT2D eigenvalue weighted by molar-refractivity contribution is 7.89. The SMILES string of the molecule is C[C@@H](c1ccc2ccccc2c1)N1CCN(c2ccc(S(=O)(=O)N3CCOCC3)cn2)CC1. The van der Waals surface area contributed by atoms with E-state index in [-0.39, 0.29) is 4.90 Å². The third-order valence-electron chi connectivity index (χ3n) is 6.77. The lowest BCUT2D eigenvalue weighted by Gasteiger charge is -2.38. The lowest BCUT2D eigenvalue weighted by molar-refractivity contribution is 0.0730. The standard InChI is InChI=1S/C25H30N4O3S/c1-20(22-7-6-21-4-2-3-5-23(21)18-22)27-10-12-28(13-11-27)25-9-8-24(19-26-25)33(30,31)29-14-16-32-17-15-29/h2-9,18-20H,10-17H2,1H3/t20-/m0/s1. The molecule has 2 aromatic carbocycles. The molecule has 7 nitrogen and oxygen atoms in total. The number of nitrogens with zero attached hydrogens (tertiary/aromatic N) is 4. The van der Waals surface area contributed by atoms with E-state index in [4.69, 9.17) is 4.74 Å². The van der Waals surface area contributed by atoms with Crippen LogP contribution in [0.3, 0.4) is 0 Å². The van der Waals surface area contributed by atoms with Crippen LogP contribution in [-0.2, 0) is 14.8 Å². The minimum absolute atomic E-state index is 0.247. The van der Waals surface area contributed by atoms with E-state index in [0.29, 0.717) is 32.3 Å². The Morgan fingerprint density at radius 2 is 1.61 bits per heavy atom. The van der Waals surface area contributed by atoms with E-state index in [1.165, 1.54) is 26.8 Å². The van der Waals surface area contributed by atoms with Crippen molar-refractivity contribution in [3.63, 3.8) is 0 Å². The molecule has 0 radical (unpaired) electrons. The van der Waals surface area contributed by atoms with Crippen molar-refractivity contribution in [1.29, 1.82) is 0 Å². The van der Waals surface area contributed by atoms with E-state index >= 15 is 0 Å². The van der Waals surface area contributed by atoms with Crippen LogP contribution < -0.4 is 4.90 Å². The van der Waals surface area contributed by atoms with E-state index in [0.717, 1.165) is 32.0 Å². The first-order chi connectivity index (χ1) is 16.0. The predicted molar refractivity (Wildman–Crippen MR) is 130 cm³/mol. The lowest BCUT2D eigenvalue weighted by atomic mass is 10.0. The topological polar surface area (TPSA) is 66.0 Å². The largest absolute Gasteiger partial charge is 0.379 e. The summed E-state index contributed by atoms with van der Waals surface area (Å²) in [5.74, 6) is 0.828. The van der Waals surface area contributed by atoms with Crippen molar-refractivity contribution < 1.29 is 13.2 Å². The Hall–Kier alpha value is -2.52. The zero-order chi connectivity index (χ0) is 22.8. The highest BCUT2D eigenvalue weighted by Crippen LogP contribution is 2.27. The first-order valence-electron chi connectivity index (χ1n) is 11.5. The van der Waals surface area contributed by atoms with E-state index < -0.39 is 10.0 Å². The van der Waals surface area contributed by atoms with Crippen LogP contribution in [0.5, 0.6) is 0 Å². The van der Waals surface area contributed by atoms with Crippen LogP contribution in [0.1, 0.15) is 18.5 Å². The van der Waals surface area contributed by atoms with Gasteiger partial charge in [-0.3, -0.25) is 4.90 Å². The molecule has 0 aliphatic carbocycles. The number of benzene rings is 2. The highest BCUT2D eigenvalue weighted by Gasteiger charge is 2.27. The van der Waals surface area contributed by atoms with Gasteiger partial charge in [-0.05, 0) is 41.5 Å². The molecule has 2 aliphatic rings. The summed E-state index contributed by atoms with van der Waals surface area (Å²) in [7, 11) is -3.51. The summed E-state index contributed by atoms with van der Waals surface area (Å²) in [5.41, 5.74) is 1.33. The Morgan fingerprint density at radius 3 is 2.30 bits per heavy atom. The van der Waals surface area contributed by atoms with Crippen molar-refractivity contribution >= 4 is 26.6 Å². The number of pyridine rings is 1. The Morgan fingerprint density at radius 1 is 0.879 bits per heavy atom. The number of morpholine rings is 1. The third-order valence-corrected chi connectivity index (χ3v) is 8.65. The zero-order valence-corrected chi connectivity index (χ0v) is 19.7. The second-order valence-corrected chi connectivity index (χ2v) is 10.6. The van der Waals surface area contributed by atoms with Gasteiger partial charge in [-0.25, -0.2) is 13.4 Å². The highest BCUT2D eigenvalue weighted by atomic mass is 32.2. The van der Waals surface area contributed by atoms with Crippen molar-refractivity contribution in [3.05, 3.63) is 66.4 Å². The van der Waals surface area contributed by atoms with Crippen LogP contribution in [0, 0.1) is 0 Å². The molecule has 33 heavy (non-hydrogen) atoms. The van der Waals surface area contributed by atoms with Gasteiger partial charge in [0, 0.05) is 51.5 Å². The molecule has 0 unspecified atom stereocenters. The van der Waals surface area contributed by atoms with Crippen molar-refractivity contribution in [2.24, 2.45) is 0 Å². The molecule has 0 spiro atoms. The Balaban J connectivity index is 1.22. The fourth-order valence-electron chi connectivity index (χ4n) is 4.66. The number of hydrogen-bond donors (Lipinski definition) is 0. The monoisotopic (exact) mass is 466 g/mol. The molecule has 2 aliphatic heterocycles. The van der Waals surface area contributed by atoms with E-state index in [1.54, 1.807) is 6.07 Å². The molecule has 5 rings (SSSR count). The molecule has 0 saturated carbocycles. The van der Waals surface area contributed by atoms with Gasteiger partial charge in [-0.1, -0.05) is 36.4 Å². The number of sulfonamides is 1. The second kappa shape index (κ2) is 9.38. The maximum Gasteiger partial charge on any atom is 0.244 e. The third kappa shape index (κ3) is 4.61. The number of piperazine rings is 1. The predicted octanol–water partition coefficient (Wildman–Crippen LogP) is 3.14. The van der Waals surface area contributed by atoms with Gasteiger partial charge in [-0.2, -0.15) is 4.31 Å². The van der Waals surface area contributed by atoms with Crippen LogP contribution >= 0.6 is 0 Å². The number of rotatable bonds is 5. The van der Waals surface area contributed by atoms with Gasteiger partial charge < -0.3 is 9.64 Å². The summed E-state index contributed by atoms with van der Waals surface area (Å²) in [6, 6.07) is 19.0. The van der Waals surface area contributed by atoms with Crippen molar-refractivity contribution in [3.8, 4) is 0 Å². The Kier molecular flexibility index (Phi) is 6.34. The Bertz CT molecular complexity index is 1200. The van der Waals surface area contributed by atoms with Crippen molar-refractivity contribution in [1.82, 2.24) is 14.2 Å². The summed E-state index contributed by atoms with van der Waals surface area (Å²) in [5, 5.41) is 2.54. The molecular weight excluding hydrogens is 436 g/mol. The van der Waals surface area contributed by atoms with Gasteiger partial charge in [0.15, 0.2) is 0 Å². The maximum atomic E-state index is 12.8. The molecule has 1 aromatic heterocycles. The van der Waals surface area contributed by atoms with Crippen molar-refractivity contribution in [2.45, 2.75) is 17.9 Å². The second-order valence-electron chi connectivity index (χ2n) is 8.67. The molecule has 0 amide bonds. The smallest absolute Gasteiger partial charge is 0.244 e. The number of hydrogen-bond acceptors (Lipinski definition) is 6. The van der Waals surface area contributed by atoms with Gasteiger partial charge in [0.25, 0.3) is 0 Å². The van der Waals surface area contributed by atoms with Gasteiger partial charge in [-0.15, -0.1) is 0 Å². The first kappa shape index (κ1) is 22.3. The van der Waals surface area contributed by atoms with Gasteiger partial charge in [0.2, 0.25) is 10.0 Å². The summed E-state index contributed by atoms with van der Waals surface area (Å²) in [4.78, 5) is 9.47. The molecule has 3 aromatic rings. The molecule has 1 atom stereocenters. The van der Waals surface area contributed by atoms with Crippen LogP contribution in [0.2, 0.25) is 0 Å². The molecule has 2 fully saturated rings. The molecule has 0 N–H and O–H groups in total. The molecule has 0 bridgehead atoms. The lowest BCUT2D eigenvalue weighted by Crippen LogP contribution is -2.47. The summed E-state index contributed by atoms with van der Waals surface area (Å²) < 4.78 is 32.4. The normalized spacial score (nSPS) is 19.6. The van der Waals surface area contributed by atoms with Gasteiger partial charge in [0.05, 0.1) is 13.2 Å². The zero-order valence-electron chi connectivity index (χ0n) is 18.9. The Labute approximate surface area is 195 Å². The van der Waals surface area contributed by atoms with E-state index in [2.05, 4.69) is 64.2 Å². The summed E-state index contributed by atoms with van der Waals surface area (Å²) in [6.45, 7) is 7.51. The van der Waals surface area contributed by atoms with Crippen LogP contribution in [0.4, 0.5) is 5.82 Å². The average Bonchev–Trinajstić information content (AvgIpc) is 2.88. The maximum absolute atomic E-state index is 12.8. The fourth-order valence-corrected chi connectivity index (χ4v) is 6.02.